The molecular weight excluding hydrogens is 353 g/mol. The second kappa shape index (κ2) is 6.85. The Bertz CT molecular complexity index is 960. The Hall–Kier alpha value is -3.01. The molecule has 0 aliphatic rings. The molecule has 2 aromatic rings. The van der Waals surface area contributed by atoms with E-state index in [-0.39, 0.29) is 16.1 Å². The van der Waals surface area contributed by atoms with Crippen LogP contribution in [0.3, 0.4) is 0 Å². The van der Waals surface area contributed by atoms with Crippen molar-refractivity contribution in [1.29, 1.82) is 0 Å². The van der Waals surface area contributed by atoms with E-state index in [1.165, 1.54) is 32.0 Å². The highest BCUT2D eigenvalue weighted by molar-refractivity contribution is 7.92. The minimum Gasteiger partial charge on any atom is -0.326 e. The van der Waals surface area contributed by atoms with E-state index < -0.39 is 38.0 Å². The number of sulfonamides is 1. The van der Waals surface area contributed by atoms with Gasteiger partial charge >= 0.3 is 0 Å². The highest BCUT2D eigenvalue weighted by Crippen LogP contribution is 2.26. The fourth-order valence-corrected chi connectivity index (χ4v) is 3.40. The van der Waals surface area contributed by atoms with Gasteiger partial charge in [-0.25, -0.2) is 12.8 Å². The quantitative estimate of drug-likeness (QED) is 0.622. The molecule has 0 spiro atoms. The molecule has 0 unspecified atom stereocenters. The number of benzene rings is 2. The third-order valence-electron chi connectivity index (χ3n) is 3.20. The molecule has 0 aliphatic heterocycles. The number of nitrogens with one attached hydrogen (secondary N) is 2. The maximum atomic E-state index is 13.9. The van der Waals surface area contributed by atoms with E-state index in [4.69, 9.17) is 0 Å². The van der Waals surface area contributed by atoms with Gasteiger partial charge in [-0.15, -0.1) is 0 Å². The number of non-ortho nitro benzene ring substituents is 1. The van der Waals surface area contributed by atoms with Crippen LogP contribution >= 0.6 is 0 Å². The van der Waals surface area contributed by atoms with Gasteiger partial charge in [-0.2, -0.15) is 0 Å². The van der Waals surface area contributed by atoms with E-state index in [2.05, 4.69) is 5.32 Å². The Labute approximate surface area is 142 Å². The summed E-state index contributed by atoms with van der Waals surface area (Å²) < 4.78 is 41.0. The molecule has 8 nitrogen and oxygen atoms in total. The van der Waals surface area contributed by atoms with Crippen molar-refractivity contribution in [3.05, 3.63) is 57.9 Å². The van der Waals surface area contributed by atoms with E-state index in [1.807, 2.05) is 4.72 Å². The van der Waals surface area contributed by atoms with Gasteiger partial charge in [-0.1, -0.05) is 6.07 Å². The maximum Gasteiger partial charge on any atom is 0.270 e. The average molecular weight is 367 g/mol. The highest BCUT2D eigenvalue weighted by atomic mass is 32.2. The first-order chi connectivity index (χ1) is 11.6. The fraction of sp³-hybridized carbons (Fsp3) is 0.133. The van der Waals surface area contributed by atoms with Gasteiger partial charge < -0.3 is 5.32 Å². The van der Waals surface area contributed by atoms with Crippen LogP contribution in [-0.4, -0.2) is 19.2 Å². The molecular formula is C15H14FN3O5S. The van der Waals surface area contributed by atoms with Crippen molar-refractivity contribution in [2.45, 2.75) is 18.7 Å². The van der Waals surface area contributed by atoms with Crippen molar-refractivity contribution < 1.29 is 22.5 Å². The minimum atomic E-state index is -4.27. The van der Waals surface area contributed by atoms with Crippen LogP contribution in [0, 0.1) is 22.9 Å². The molecule has 0 fully saturated rings. The Balaban J connectivity index is 2.44. The number of amides is 1. The maximum absolute atomic E-state index is 13.9. The lowest BCUT2D eigenvalue weighted by atomic mass is 10.2. The van der Waals surface area contributed by atoms with Crippen molar-refractivity contribution >= 4 is 33.0 Å². The van der Waals surface area contributed by atoms with Gasteiger partial charge in [0, 0.05) is 24.7 Å². The predicted molar refractivity (Wildman–Crippen MR) is 89.3 cm³/mol. The summed E-state index contributed by atoms with van der Waals surface area (Å²) in [7, 11) is -4.27. The molecule has 0 heterocycles. The number of halogens is 1. The number of hydrogen-bond acceptors (Lipinski definition) is 5. The van der Waals surface area contributed by atoms with Gasteiger partial charge in [0.1, 0.15) is 5.82 Å². The third kappa shape index (κ3) is 4.29. The lowest BCUT2D eigenvalue weighted by Gasteiger charge is -2.12. The van der Waals surface area contributed by atoms with Crippen molar-refractivity contribution in [2.75, 3.05) is 10.0 Å². The number of aryl methyl sites for hydroxylation is 1. The summed E-state index contributed by atoms with van der Waals surface area (Å²) in [5.41, 5.74) is -0.338. The van der Waals surface area contributed by atoms with Gasteiger partial charge in [-0.3, -0.25) is 19.6 Å². The molecule has 10 heteroatoms. The molecule has 0 radical (unpaired) electrons. The van der Waals surface area contributed by atoms with Crippen molar-refractivity contribution in [3.63, 3.8) is 0 Å². The predicted octanol–water partition coefficient (Wildman–Crippen LogP) is 2.80. The molecule has 2 rings (SSSR count). The van der Waals surface area contributed by atoms with Crippen molar-refractivity contribution in [1.82, 2.24) is 0 Å². The summed E-state index contributed by atoms with van der Waals surface area (Å²) in [6, 6.07) is 6.73. The molecule has 0 saturated heterocycles. The molecule has 2 aromatic carbocycles. The zero-order valence-corrected chi connectivity index (χ0v) is 14.1. The fourth-order valence-electron chi connectivity index (χ4n) is 2.08. The molecule has 0 saturated carbocycles. The van der Waals surface area contributed by atoms with Crippen LogP contribution in [0.4, 0.5) is 21.5 Å². The number of carbonyl (C=O) groups excluding carboxylic acids is 1. The van der Waals surface area contributed by atoms with Crippen LogP contribution in [0.5, 0.6) is 0 Å². The van der Waals surface area contributed by atoms with Crippen LogP contribution in [0.15, 0.2) is 41.3 Å². The summed E-state index contributed by atoms with van der Waals surface area (Å²) in [6.45, 7) is 2.71. The SMILES string of the molecule is CC(=O)Nc1ccc(F)c(NS(=O)(=O)c2cc([N+](=O)[O-])ccc2C)c1. The summed E-state index contributed by atoms with van der Waals surface area (Å²) in [6.07, 6.45) is 0. The largest absolute Gasteiger partial charge is 0.326 e. The summed E-state index contributed by atoms with van der Waals surface area (Å²) in [5, 5.41) is 13.2. The average Bonchev–Trinajstić information content (AvgIpc) is 2.49. The molecule has 25 heavy (non-hydrogen) atoms. The number of rotatable bonds is 5. The van der Waals surface area contributed by atoms with Gasteiger partial charge in [0.2, 0.25) is 5.91 Å². The van der Waals surface area contributed by atoms with Crippen molar-refractivity contribution in [3.8, 4) is 0 Å². The first kappa shape index (κ1) is 18.3. The van der Waals surface area contributed by atoms with Crippen LogP contribution in [0.25, 0.3) is 0 Å². The van der Waals surface area contributed by atoms with Crippen LogP contribution in [-0.2, 0) is 14.8 Å². The first-order valence-electron chi connectivity index (χ1n) is 6.95. The molecule has 0 atom stereocenters. The Morgan fingerprint density at radius 2 is 1.88 bits per heavy atom. The Morgan fingerprint density at radius 3 is 2.48 bits per heavy atom. The van der Waals surface area contributed by atoms with Crippen molar-refractivity contribution in [2.24, 2.45) is 0 Å². The monoisotopic (exact) mass is 367 g/mol. The zero-order chi connectivity index (χ0) is 18.8. The van der Waals surface area contributed by atoms with Crippen LogP contribution < -0.4 is 10.0 Å². The van der Waals surface area contributed by atoms with Crippen LogP contribution in [0.2, 0.25) is 0 Å². The Morgan fingerprint density at radius 1 is 1.20 bits per heavy atom. The first-order valence-corrected chi connectivity index (χ1v) is 8.43. The van der Waals surface area contributed by atoms with E-state index in [0.29, 0.717) is 0 Å². The number of carbonyl (C=O) groups is 1. The van der Waals surface area contributed by atoms with Crippen LogP contribution in [0.1, 0.15) is 12.5 Å². The Kier molecular flexibility index (Phi) is 5.02. The molecule has 2 N–H and O–H groups in total. The number of anilines is 2. The minimum absolute atomic E-state index is 0.197. The van der Waals surface area contributed by atoms with E-state index >= 15 is 0 Å². The number of nitro groups is 1. The zero-order valence-electron chi connectivity index (χ0n) is 13.2. The lowest BCUT2D eigenvalue weighted by Crippen LogP contribution is -2.16. The van der Waals surface area contributed by atoms with Gasteiger partial charge in [0.05, 0.1) is 15.5 Å². The van der Waals surface area contributed by atoms with E-state index in [0.717, 1.165) is 18.2 Å². The summed E-state index contributed by atoms with van der Waals surface area (Å²) in [4.78, 5) is 20.8. The second-order valence-corrected chi connectivity index (χ2v) is 6.84. The number of nitro benzene ring substituents is 1. The number of nitrogens with zero attached hydrogens (tertiary/aromatic N) is 1. The normalized spacial score (nSPS) is 11.0. The van der Waals surface area contributed by atoms with Gasteiger partial charge in [-0.05, 0) is 30.7 Å². The molecule has 1 amide bonds. The highest BCUT2D eigenvalue weighted by Gasteiger charge is 2.22. The van der Waals surface area contributed by atoms with Gasteiger partial charge in [0.25, 0.3) is 15.7 Å². The lowest BCUT2D eigenvalue weighted by molar-refractivity contribution is -0.385. The smallest absolute Gasteiger partial charge is 0.270 e. The topological polar surface area (TPSA) is 118 Å². The standard InChI is InChI=1S/C15H14FN3O5S/c1-9-3-5-12(19(21)22)8-15(9)25(23,24)18-14-7-11(17-10(2)20)4-6-13(14)16/h3-8,18H,1-2H3,(H,17,20). The number of hydrogen-bond donors (Lipinski definition) is 2. The molecule has 0 aliphatic carbocycles. The third-order valence-corrected chi connectivity index (χ3v) is 4.71. The molecule has 0 bridgehead atoms. The summed E-state index contributed by atoms with van der Waals surface area (Å²) >= 11 is 0. The summed E-state index contributed by atoms with van der Waals surface area (Å²) in [5.74, 6) is -1.27. The second-order valence-electron chi connectivity index (χ2n) is 5.19. The molecule has 0 aromatic heterocycles. The van der Waals surface area contributed by atoms with E-state index in [9.17, 15) is 27.7 Å². The van der Waals surface area contributed by atoms with Gasteiger partial charge in [0.15, 0.2) is 0 Å². The molecule has 132 valence electrons. The van der Waals surface area contributed by atoms with E-state index in [1.54, 1.807) is 0 Å².